The number of carbonyl (C=O) groups is 1. The summed E-state index contributed by atoms with van der Waals surface area (Å²) in [5.74, 6) is 0.269. The summed E-state index contributed by atoms with van der Waals surface area (Å²) in [5, 5.41) is 0.806. The Bertz CT molecular complexity index is 424. The van der Waals surface area contributed by atoms with Gasteiger partial charge in [-0.2, -0.15) is 0 Å². The van der Waals surface area contributed by atoms with Crippen LogP contribution in [0.25, 0.3) is 0 Å². The lowest BCUT2D eigenvalue weighted by atomic mass is 9.92. The lowest BCUT2D eigenvalue weighted by Gasteiger charge is -2.35. The third-order valence-electron chi connectivity index (χ3n) is 3.24. The van der Waals surface area contributed by atoms with Crippen LogP contribution in [0.4, 0.5) is 5.69 Å². The first kappa shape index (κ1) is 9.22. The second-order valence-electron chi connectivity index (χ2n) is 4.22. The van der Waals surface area contributed by atoms with E-state index in [9.17, 15) is 4.79 Å². The Hall–Kier alpha value is -1.02. The van der Waals surface area contributed by atoms with Crippen LogP contribution in [-0.4, -0.2) is 12.5 Å². The van der Waals surface area contributed by atoms with E-state index in [1.54, 1.807) is 0 Å². The van der Waals surface area contributed by atoms with Crippen LogP contribution in [0.3, 0.4) is 0 Å². The monoisotopic (exact) mass is 221 g/mol. The van der Waals surface area contributed by atoms with Gasteiger partial charge in [-0.05, 0) is 42.5 Å². The smallest absolute Gasteiger partial charge is 0.227 e. The van der Waals surface area contributed by atoms with Crippen LogP contribution in [-0.2, 0) is 17.6 Å². The van der Waals surface area contributed by atoms with Crippen LogP contribution in [0.2, 0.25) is 5.02 Å². The second kappa shape index (κ2) is 3.24. The van der Waals surface area contributed by atoms with Gasteiger partial charge in [-0.15, -0.1) is 0 Å². The Morgan fingerprint density at radius 1 is 1.13 bits per heavy atom. The molecule has 0 atom stereocenters. The zero-order chi connectivity index (χ0) is 10.4. The van der Waals surface area contributed by atoms with Crippen molar-refractivity contribution >= 4 is 23.2 Å². The van der Waals surface area contributed by atoms with Gasteiger partial charge in [0.2, 0.25) is 5.91 Å². The number of carbonyl (C=O) groups excluding carboxylic acids is 1. The van der Waals surface area contributed by atoms with Crippen molar-refractivity contribution in [1.82, 2.24) is 0 Å². The first-order valence-corrected chi connectivity index (χ1v) is 5.75. The van der Waals surface area contributed by atoms with Gasteiger partial charge >= 0.3 is 0 Å². The molecule has 0 radical (unpaired) electrons. The van der Waals surface area contributed by atoms with E-state index >= 15 is 0 Å². The van der Waals surface area contributed by atoms with E-state index in [1.165, 1.54) is 11.1 Å². The van der Waals surface area contributed by atoms with E-state index in [0.717, 1.165) is 36.5 Å². The highest BCUT2D eigenvalue weighted by atomic mass is 35.5. The Kier molecular flexibility index (Phi) is 1.99. The zero-order valence-corrected chi connectivity index (χ0v) is 9.18. The van der Waals surface area contributed by atoms with Crippen molar-refractivity contribution in [2.45, 2.75) is 25.7 Å². The molecule has 2 heterocycles. The predicted molar refractivity (Wildman–Crippen MR) is 60.4 cm³/mol. The third-order valence-corrected chi connectivity index (χ3v) is 3.46. The van der Waals surface area contributed by atoms with E-state index in [0.29, 0.717) is 6.42 Å². The summed E-state index contributed by atoms with van der Waals surface area (Å²) in [6.07, 6.45) is 3.58. The summed E-state index contributed by atoms with van der Waals surface area (Å²) in [7, 11) is 0. The molecule has 78 valence electrons. The number of nitrogens with zero attached hydrogens (tertiary/aromatic N) is 1. The average molecular weight is 222 g/mol. The lowest BCUT2D eigenvalue weighted by Crippen LogP contribution is -2.39. The van der Waals surface area contributed by atoms with Crippen molar-refractivity contribution in [3.63, 3.8) is 0 Å². The maximum absolute atomic E-state index is 11.8. The fourth-order valence-electron chi connectivity index (χ4n) is 2.61. The molecular formula is C12H12ClNO. The highest BCUT2D eigenvalue weighted by Gasteiger charge is 2.29. The van der Waals surface area contributed by atoms with Crippen molar-refractivity contribution in [2.75, 3.05) is 11.4 Å². The average Bonchev–Trinajstić information content (AvgIpc) is 2.23. The maximum Gasteiger partial charge on any atom is 0.227 e. The highest BCUT2D eigenvalue weighted by molar-refractivity contribution is 6.31. The van der Waals surface area contributed by atoms with Crippen molar-refractivity contribution in [2.24, 2.45) is 0 Å². The topological polar surface area (TPSA) is 20.3 Å². The minimum Gasteiger partial charge on any atom is -0.312 e. The van der Waals surface area contributed by atoms with E-state index in [-0.39, 0.29) is 5.91 Å². The molecule has 2 nitrogen and oxygen atoms in total. The van der Waals surface area contributed by atoms with Crippen LogP contribution < -0.4 is 4.90 Å². The largest absolute Gasteiger partial charge is 0.312 e. The molecule has 3 rings (SSSR count). The normalized spacial score (nSPS) is 19.0. The van der Waals surface area contributed by atoms with Crippen LogP contribution in [0.15, 0.2) is 12.1 Å². The van der Waals surface area contributed by atoms with Gasteiger partial charge in [0.25, 0.3) is 0 Å². The van der Waals surface area contributed by atoms with E-state index in [2.05, 4.69) is 0 Å². The SMILES string of the molecule is O=C1CCc2cc(Cl)cc3c2N1CCC3. The number of anilines is 1. The zero-order valence-electron chi connectivity index (χ0n) is 8.42. The lowest BCUT2D eigenvalue weighted by molar-refractivity contribution is -0.119. The summed E-state index contributed by atoms with van der Waals surface area (Å²) >= 11 is 6.07. The molecule has 2 aliphatic heterocycles. The Labute approximate surface area is 93.8 Å². The second-order valence-corrected chi connectivity index (χ2v) is 4.66. The van der Waals surface area contributed by atoms with Crippen molar-refractivity contribution < 1.29 is 4.79 Å². The van der Waals surface area contributed by atoms with Gasteiger partial charge < -0.3 is 4.90 Å². The molecule has 3 heteroatoms. The minimum atomic E-state index is 0.269. The molecule has 0 fully saturated rings. The molecule has 0 spiro atoms. The van der Waals surface area contributed by atoms with Gasteiger partial charge in [-0.3, -0.25) is 4.79 Å². The Morgan fingerprint density at radius 2 is 1.87 bits per heavy atom. The molecule has 0 saturated carbocycles. The summed E-state index contributed by atoms with van der Waals surface area (Å²) in [6, 6.07) is 4.01. The molecule has 1 amide bonds. The number of aryl methyl sites for hydroxylation is 2. The molecule has 15 heavy (non-hydrogen) atoms. The number of hydrogen-bond acceptors (Lipinski definition) is 1. The number of benzene rings is 1. The summed E-state index contributed by atoms with van der Waals surface area (Å²) < 4.78 is 0. The van der Waals surface area contributed by atoms with Crippen molar-refractivity contribution in [3.05, 3.63) is 28.3 Å². The summed E-state index contributed by atoms with van der Waals surface area (Å²) in [6.45, 7) is 0.875. The number of amides is 1. The van der Waals surface area contributed by atoms with E-state index in [4.69, 9.17) is 11.6 Å². The van der Waals surface area contributed by atoms with Gasteiger partial charge in [0, 0.05) is 18.0 Å². The molecule has 1 aromatic rings. The highest BCUT2D eigenvalue weighted by Crippen LogP contribution is 2.37. The fraction of sp³-hybridized carbons (Fsp3) is 0.417. The molecule has 0 N–H and O–H groups in total. The Morgan fingerprint density at radius 3 is 2.67 bits per heavy atom. The standard InChI is InChI=1S/C12H12ClNO/c13-10-6-8-2-1-5-14-11(15)4-3-9(7-10)12(8)14/h6-7H,1-5H2. The van der Waals surface area contributed by atoms with Gasteiger partial charge in [0.05, 0.1) is 5.69 Å². The predicted octanol–water partition coefficient (Wildman–Crippen LogP) is 2.57. The molecule has 1 aromatic carbocycles. The summed E-state index contributed by atoms with van der Waals surface area (Å²) in [5.41, 5.74) is 3.65. The fourth-order valence-corrected chi connectivity index (χ4v) is 2.87. The first-order valence-electron chi connectivity index (χ1n) is 5.37. The van der Waals surface area contributed by atoms with Crippen LogP contribution in [0.5, 0.6) is 0 Å². The molecule has 0 aromatic heterocycles. The van der Waals surface area contributed by atoms with E-state index in [1.807, 2.05) is 17.0 Å². The molecule has 0 aliphatic carbocycles. The van der Waals surface area contributed by atoms with Crippen LogP contribution >= 0.6 is 11.6 Å². The van der Waals surface area contributed by atoms with Crippen LogP contribution in [0, 0.1) is 0 Å². The number of halogens is 1. The van der Waals surface area contributed by atoms with Crippen molar-refractivity contribution in [1.29, 1.82) is 0 Å². The maximum atomic E-state index is 11.8. The van der Waals surface area contributed by atoms with Gasteiger partial charge in [-0.25, -0.2) is 0 Å². The quantitative estimate of drug-likeness (QED) is 0.660. The summed E-state index contributed by atoms with van der Waals surface area (Å²) in [4.78, 5) is 13.7. The molecule has 0 bridgehead atoms. The van der Waals surface area contributed by atoms with Gasteiger partial charge in [0.1, 0.15) is 0 Å². The Balaban J connectivity index is 2.22. The van der Waals surface area contributed by atoms with Crippen LogP contribution in [0.1, 0.15) is 24.0 Å². The minimum absolute atomic E-state index is 0.269. The molecule has 2 aliphatic rings. The molecular weight excluding hydrogens is 210 g/mol. The van der Waals surface area contributed by atoms with E-state index < -0.39 is 0 Å². The molecule has 0 saturated heterocycles. The first-order chi connectivity index (χ1) is 7.25. The number of hydrogen-bond donors (Lipinski definition) is 0. The molecule has 0 unspecified atom stereocenters. The number of rotatable bonds is 0. The third kappa shape index (κ3) is 1.36. The van der Waals surface area contributed by atoms with Crippen molar-refractivity contribution in [3.8, 4) is 0 Å². The van der Waals surface area contributed by atoms with Gasteiger partial charge in [0.15, 0.2) is 0 Å². The van der Waals surface area contributed by atoms with Gasteiger partial charge in [-0.1, -0.05) is 11.6 Å².